The molecule has 0 saturated heterocycles. The number of hydrogen-bond acceptors (Lipinski definition) is 6. The Hall–Kier alpha value is -4.24. The fourth-order valence-electron chi connectivity index (χ4n) is 2.96. The maximum Gasteiger partial charge on any atom is 0.343 e. The molecule has 6 nitrogen and oxygen atoms in total. The van der Waals surface area contributed by atoms with Crippen LogP contribution in [0.5, 0.6) is 23.0 Å². The SMILES string of the molecule is COc1cc(OC)cc(C(=O)Oc2cccc(/C=C(/C#N)c3ccccc3OC)c2)c1. The predicted octanol–water partition coefficient (Wildman–Crippen LogP) is 5.00. The summed E-state index contributed by atoms with van der Waals surface area (Å²) in [5, 5.41) is 9.64. The van der Waals surface area contributed by atoms with Gasteiger partial charge in [0.25, 0.3) is 0 Å². The van der Waals surface area contributed by atoms with E-state index in [1.165, 1.54) is 14.2 Å². The highest BCUT2D eigenvalue weighted by molar-refractivity contribution is 5.93. The molecule has 0 unspecified atom stereocenters. The van der Waals surface area contributed by atoms with Gasteiger partial charge in [0.05, 0.1) is 38.5 Å². The molecule has 0 amide bonds. The second-order valence-electron chi connectivity index (χ2n) is 6.43. The number of benzene rings is 3. The largest absolute Gasteiger partial charge is 0.497 e. The highest BCUT2D eigenvalue weighted by Crippen LogP contribution is 2.28. The first-order valence-electron chi connectivity index (χ1n) is 9.38. The number of ether oxygens (including phenoxy) is 4. The van der Waals surface area contributed by atoms with Crippen LogP contribution in [0.2, 0.25) is 0 Å². The van der Waals surface area contributed by atoms with Crippen molar-refractivity contribution in [2.45, 2.75) is 0 Å². The Morgan fingerprint density at radius 2 is 1.55 bits per heavy atom. The maximum atomic E-state index is 12.6. The molecule has 3 aromatic rings. The molecule has 156 valence electrons. The van der Waals surface area contributed by atoms with Gasteiger partial charge in [0.1, 0.15) is 23.0 Å². The van der Waals surface area contributed by atoms with Gasteiger partial charge in [-0.25, -0.2) is 4.79 Å². The topological polar surface area (TPSA) is 77.8 Å². The molecular weight excluding hydrogens is 394 g/mol. The Morgan fingerprint density at radius 3 is 2.19 bits per heavy atom. The third-order valence-electron chi connectivity index (χ3n) is 4.48. The van der Waals surface area contributed by atoms with E-state index in [0.717, 1.165) is 0 Å². The number of carbonyl (C=O) groups excluding carboxylic acids is 1. The van der Waals surface area contributed by atoms with Gasteiger partial charge in [0, 0.05) is 11.6 Å². The van der Waals surface area contributed by atoms with Gasteiger partial charge in [-0.1, -0.05) is 24.3 Å². The number of nitrogens with zero attached hydrogens (tertiary/aromatic N) is 1. The summed E-state index contributed by atoms with van der Waals surface area (Å²) in [7, 11) is 4.57. The summed E-state index contributed by atoms with van der Waals surface area (Å²) in [6.07, 6.45) is 1.71. The van der Waals surface area contributed by atoms with Crippen LogP contribution in [-0.2, 0) is 0 Å². The quantitative estimate of drug-likeness (QED) is 0.234. The number of rotatable bonds is 7. The summed E-state index contributed by atoms with van der Waals surface area (Å²) in [6.45, 7) is 0. The van der Waals surface area contributed by atoms with Crippen LogP contribution in [0.3, 0.4) is 0 Å². The molecule has 0 N–H and O–H groups in total. The first-order chi connectivity index (χ1) is 15.1. The van der Waals surface area contributed by atoms with Crippen molar-refractivity contribution in [1.82, 2.24) is 0 Å². The van der Waals surface area contributed by atoms with Gasteiger partial charge in [-0.05, 0) is 48.0 Å². The average molecular weight is 415 g/mol. The molecule has 3 rings (SSSR count). The van der Waals surface area contributed by atoms with Gasteiger partial charge in [0.2, 0.25) is 0 Å². The van der Waals surface area contributed by atoms with E-state index in [1.807, 2.05) is 24.3 Å². The normalized spacial score (nSPS) is 10.7. The van der Waals surface area contributed by atoms with E-state index in [-0.39, 0.29) is 0 Å². The van der Waals surface area contributed by atoms with Crippen LogP contribution in [0, 0.1) is 11.3 Å². The molecule has 31 heavy (non-hydrogen) atoms. The minimum atomic E-state index is -0.552. The summed E-state index contributed by atoms with van der Waals surface area (Å²) in [5.41, 5.74) is 2.11. The summed E-state index contributed by atoms with van der Waals surface area (Å²) < 4.78 is 21.3. The fourth-order valence-corrected chi connectivity index (χ4v) is 2.96. The summed E-state index contributed by atoms with van der Waals surface area (Å²) in [5.74, 6) is 1.36. The summed E-state index contributed by atoms with van der Waals surface area (Å²) >= 11 is 0. The van der Waals surface area contributed by atoms with Crippen molar-refractivity contribution in [3.63, 3.8) is 0 Å². The van der Waals surface area contributed by atoms with E-state index in [4.69, 9.17) is 18.9 Å². The Labute approximate surface area is 180 Å². The smallest absolute Gasteiger partial charge is 0.343 e. The minimum Gasteiger partial charge on any atom is -0.497 e. The van der Waals surface area contributed by atoms with Crippen LogP contribution in [0.25, 0.3) is 11.6 Å². The van der Waals surface area contributed by atoms with Crippen molar-refractivity contribution in [2.24, 2.45) is 0 Å². The highest BCUT2D eigenvalue weighted by atomic mass is 16.5. The summed E-state index contributed by atoms with van der Waals surface area (Å²) in [6, 6.07) is 21.2. The van der Waals surface area contributed by atoms with Gasteiger partial charge in [0.15, 0.2) is 0 Å². The van der Waals surface area contributed by atoms with Crippen molar-refractivity contribution >= 4 is 17.6 Å². The van der Waals surface area contributed by atoms with E-state index >= 15 is 0 Å². The second-order valence-corrected chi connectivity index (χ2v) is 6.43. The second kappa shape index (κ2) is 9.99. The predicted molar refractivity (Wildman–Crippen MR) is 117 cm³/mol. The van der Waals surface area contributed by atoms with Crippen molar-refractivity contribution in [3.8, 4) is 29.1 Å². The van der Waals surface area contributed by atoms with Crippen LogP contribution >= 0.6 is 0 Å². The van der Waals surface area contributed by atoms with E-state index in [1.54, 1.807) is 55.7 Å². The number of carbonyl (C=O) groups is 1. The summed E-state index contributed by atoms with van der Waals surface area (Å²) in [4.78, 5) is 12.6. The lowest BCUT2D eigenvalue weighted by molar-refractivity contribution is 0.0734. The first-order valence-corrected chi connectivity index (χ1v) is 9.38. The number of hydrogen-bond donors (Lipinski definition) is 0. The monoisotopic (exact) mass is 415 g/mol. The molecule has 0 radical (unpaired) electrons. The van der Waals surface area contributed by atoms with Crippen LogP contribution in [0.15, 0.2) is 66.7 Å². The molecule has 6 heteroatoms. The molecule has 0 aromatic heterocycles. The Bertz CT molecular complexity index is 1140. The lowest BCUT2D eigenvalue weighted by Crippen LogP contribution is -2.09. The van der Waals surface area contributed by atoms with Gasteiger partial charge in [-0.15, -0.1) is 0 Å². The van der Waals surface area contributed by atoms with Gasteiger partial charge in [-0.3, -0.25) is 0 Å². The first kappa shape index (κ1) is 21.5. The van der Waals surface area contributed by atoms with Crippen LogP contribution < -0.4 is 18.9 Å². The van der Waals surface area contributed by atoms with E-state index < -0.39 is 5.97 Å². The number of nitriles is 1. The van der Waals surface area contributed by atoms with Crippen LogP contribution in [0.4, 0.5) is 0 Å². The molecule has 0 atom stereocenters. The Balaban J connectivity index is 1.87. The van der Waals surface area contributed by atoms with Gasteiger partial charge < -0.3 is 18.9 Å². The lowest BCUT2D eigenvalue weighted by Gasteiger charge is -2.09. The number of allylic oxidation sites excluding steroid dienone is 1. The third-order valence-corrected chi connectivity index (χ3v) is 4.48. The highest BCUT2D eigenvalue weighted by Gasteiger charge is 2.13. The molecule has 0 aliphatic carbocycles. The van der Waals surface area contributed by atoms with Gasteiger partial charge >= 0.3 is 5.97 Å². The van der Waals surface area contributed by atoms with Crippen molar-refractivity contribution in [2.75, 3.05) is 21.3 Å². The zero-order chi connectivity index (χ0) is 22.2. The van der Waals surface area contributed by atoms with Crippen LogP contribution in [0.1, 0.15) is 21.5 Å². The standard InChI is InChI=1S/C25H21NO5/c1-28-21-13-18(14-22(15-21)29-2)25(27)31-20-8-6-7-17(12-20)11-19(16-26)23-9-4-5-10-24(23)30-3/h4-15H,1-3H3/b19-11-. The molecule has 0 heterocycles. The molecule has 0 aliphatic rings. The van der Waals surface area contributed by atoms with Crippen molar-refractivity contribution in [3.05, 3.63) is 83.4 Å². The van der Waals surface area contributed by atoms with Crippen molar-refractivity contribution in [1.29, 1.82) is 5.26 Å². The third kappa shape index (κ3) is 5.22. The zero-order valence-corrected chi connectivity index (χ0v) is 17.4. The minimum absolute atomic E-state index is 0.295. The molecular formula is C25H21NO5. The van der Waals surface area contributed by atoms with Crippen molar-refractivity contribution < 1.29 is 23.7 Å². The van der Waals surface area contributed by atoms with Gasteiger partial charge in [-0.2, -0.15) is 5.26 Å². The Morgan fingerprint density at radius 1 is 0.839 bits per heavy atom. The van der Waals surface area contributed by atoms with E-state index in [0.29, 0.717) is 45.3 Å². The average Bonchev–Trinajstić information content (AvgIpc) is 2.82. The number of para-hydroxylation sites is 1. The lowest BCUT2D eigenvalue weighted by atomic mass is 10.0. The number of esters is 1. The van der Waals surface area contributed by atoms with E-state index in [2.05, 4.69) is 6.07 Å². The molecule has 0 fully saturated rings. The fraction of sp³-hybridized carbons (Fsp3) is 0.120. The number of methoxy groups -OCH3 is 3. The van der Waals surface area contributed by atoms with Crippen LogP contribution in [-0.4, -0.2) is 27.3 Å². The molecule has 0 aliphatic heterocycles. The maximum absolute atomic E-state index is 12.6. The molecule has 0 bridgehead atoms. The molecule has 0 saturated carbocycles. The van der Waals surface area contributed by atoms with E-state index in [9.17, 15) is 10.1 Å². The Kier molecular flexibility index (Phi) is 6.92. The zero-order valence-electron chi connectivity index (χ0n) is 17.4. The molecule has 3 aromatic carbocycles. The molecule has 0 spiro atoms.